The molecule has 0 fully saturated rings. The van der Waals surface area contributed by atoms with Gasteiger partial charge in [-0.05, 0) is 17.7 Å². The average molecular weight is 239 g/mol. The minimum atomic E-state index is -1.07. The number of aliphatic carboxylic acids is 1. The Kier molecular flexibility index (Phi) is 4.66. The number of nitrogens with one attached hydrogen (secondary N) is 1. The second-order valence-corrected chi connectivity index (χ2v) is 3.36. The quantitative estimate of drug-likeness (QED) is 0.742. The van der Waals surface area contributed by atoms with Crippen LogP contribution in [0.2, 0.25) is 0 Å². The minimum Gasteiger partial charge on any atom is -0.494 e. The molecule has 1 aromatic carbocycles. The molecule has 17 heavy (non-hydrogen) atoms. The summed E-state index contributed by atoms with van der Waals surface area (Å²) in [4.78, 5) is 11.0. The van der Waals surface area contributed by atoms with Crippen LogP contribution in [0, 0.1) is 5.82 Å². The average Bonchev–Trinajstić information content (AvgIpc) is 2.29. The lowest BCUT2D eigenvalue weighted by Gasteiger charge is -2.14. The van der Waals surface area contributed by atoms with Gasteiger partial charge in [0.2, 0.25) is 0 Å². The molecule has 0 aliphatic rings. The number of halogens is 1. The van der Waals surface area contributed by atoms with E-state index in [1.807, 2.05) is 0 Å². The van der Waals surface area contributed by atoms with E-state index in [2.05, 4.69) is 11.9 Å². The Bertz CT molecular complexity index is 420. The number of hydrogen-bond acceptors (Lipinski definition) is 3. The molecule has 0 aliphatic heterocycles. The molecule has 0 aromatic heterocycles. The van der Waals surface area contributed by atoms with Gasteiger partial charge in [0.15, 0.2) is 11.6 Å². The van der Waals surface area contributed by atoms with Crippen LogP contribution in [0.5, 0.6) is 5.75 Å². The van der Waals surface area contributed by atoms with E-state index in [9.17, 15) is 9.18 Å². The number of carbonyl (C=O) groups is 1. The van der Waals surface area contributed by atoms with Crippen LogP contribution in [0.25, 0.3) is 0 Å². The van der Waals surface area contributed by atoms with E-state index in [0.29, 0.717) is 12.1 Å². The van der Waals surface area contributed by atoms with Crippen molar-refractivity contribution in [1.82, 2.24) is 5.32 Å². The SMILES string of the molecule is C=CCNC(C(=O)O)c1ccc(OC)c(F)c1. The molecular formula is C12H14FNO3. The Morgan fingerprint density at radius 3 is 2.88 bits per heavy atom. The van der Waals surface area contributed by atoms with E-state index in [1.165, 1.54) is 25.3 Å². The number of rotatable bonds is 6. The topological polar surface area (TPSA) is 58.6 Å². The highest BCUT2D eigenvalue weighted by Gasteiger charge is 2.19. The van der Waals surface area contributed by atoms with Crippen LogP contribution in [-0.2, 0) is 4.79 Å². The molecule has 0 radical (unpaired) electrons. The summed E-state index contributed by atoms with van der Waals surface area (Å²) in [5, 5.41) is 11.7. The molecule has 4 nitrogen and oxygen atoms in total. The normalized spacial score (nSPS) is 11.9. The highest BCUT2D eigenvalue weighted by molar-refractivity contribution is 5.75. The molecule has 1 unspecified atom stereocenters. The van der Waals surface area contributed by atoms with Gasteiger partial charge in [-0.15, -0.1) is 6.58 Å². The van der Waals surface area contributed by atoms with Gasteiger partial charge in [0.25, 0.3) is 0 Å². The monoisotopic (exact) mass is 239 g/mol. The molecule has 0 saturated heterocycles. The van der Waals surface area contributed by atoms with Crippen molar-refractivity contribution in [3.8, 4) is 5.75 Å². The maximum atomic E-state index is 13.4. The van der Waals surface area contributed by atoms with Gasteiger partial charge in [-0.2, -0.15) is 0 Å². The molecule has 2 N–H and O–H groups in total. The summed E-state index contributed by atoms with van der Waals surface area (Å²) in [5.74, 6) is -1.57. The van der Waals surface area contributed by atoms with Gasteiger partial charge < -0.3 is 9.84 Å². The van der Waals surface area contributed by atoms with Crippen molar-refractivity contribution in [1.29, 1.82) is 0 Å². The summed E-state index contributed by atoms with van der Waals surface area (Å²) >= 11 is 0. The number of carboxylic acids is 1. The summed E-state index contributed by atoms with van der Waals surface area (Å²) in [6.07, 6.45) is 1.54. The summed E-state index contributed by atoms with van der Waals surface area (Å²) in [5.41, 5.74) is 0.331. The van der Waals surface area contributed by atoms with E-state index in [4.69, 9.17) is 9.84 Å². The fourth-order valence-electron chi connectivity index (χ4n) is 1.41. The van der Waals surface area contributed by atoms with Crippen LogP contribution in [-0.4, -0.2) is 24.7 Å². The second-order valence-electron chi connectivity index (χ2n) is 3.36. The van der Waals surface area contributed by atoms with E-state index in [0.717, 1.165) is 6.07 Å². The van der Waals surface area contributed by atoms with E-state index < -0.39 is 17.8 Å². The Morgan fingerprint density at radius 1 is 1.71 bits per heavy atom. The van der Waals surface area contributed by atoms with Crippen molar-refractivity contribution in [2.24, 2.45) is 0 Å². The molecule has 1 rings (SSSR count). The Balaban J connectivity index is 2.98. The first-order chi connectivity index (χ1) is 8.10. The van der Waals surface area contributed by atoms with Gasteiger partial charge in [-0.3, -0.25) is 10.1 Å². The predicted octanol–water partition coefficient (Wildman–Crippen LogP) is 1.74. The third-order valence-corrected chi connectivity index (χ3v) is 2.22. The van der Waals surface area contributed by atoms with Gasteiger partial charge >= 0.3 is 5.97 Å². The van der Waals surface area contributed by atoms with Gasteiger partial charge in [-0.25, -0.2) is 4.39 Å². The molecule has 1 aromatic rings. The molecule has 0 amide bonds. The van der Waals surface area contributed by atoms with Gasteiger partial charge in [-0.1, -0.05) is 12.1 Å². The maximum Gasteiger partial charge on any atom is 0.325 e. The molecule has 1 atom stereocenters. The highest BCUT2D eigenvalue weighted by Crippen LogP contribution is 2.22. The number of carboxylic acid groups (broad SMARTS) is 1. The summed E-state index contributed by atoms with van der Waals surface area (Å²) in [7, 11) is 1.35. The molecule has 0 bridgehead atoms. The van der Waals surface area contributed by atoms with Crippen LogP contribution in [0.1, 0.15) is 11.6 Å². The smallest absolute Gasteiger partial charge is 0.325 e. The second kappa shape index (κ2) is 6.00. The molecule has 5 heteroatoms. The Labute approximate surface area is 98.7 Å². The third-order valence-electron chi connectivity index (χ3n) is 2.22. The summed E-state index contributed by atoms with van der Waals surface area (Å²) < 4.78 is 18.2. The van der Waals surface area contributed by atoms with Gasteiger partial charge in [0.05, 0.1) is 7.11 Å². The fourth-order valence-corrected chi connectivity index (χ4v) is 1.41. The van der Waals surface area contributed by atoms with Crippen molar-refractivity contribution in [3.63, 3.8) is 0 Å². The summed E-state index contributed by atoms with van der Waals surface area (Å²) in [6, 6.07) is 3.09. The first-order valence-electron chi connectivity index (χ1n) is 5.00. The molecule has 0 saturated carbocycles. The lowest BCUT2D eigenvalue weighted by molar-refractivity contribution is -0.139. The minimum absolute atomic E-state index is 0.0848. The van der Waals surface area contributed by atoms with Crippen LogP contribution in [0.3, 0.4) is 0 Å². The highest BCUT2D eigenvalue weighted by atomic mass is 19.1. The number of benzene rings is 1. The van der Waals surface area contributed by atoms with Crippen LogP contribution in [0.4, 0.5) is 4.39 Å². The standard InChI is InChI=1S/C12H14FNO3/c1-3-6-14-11(12(15)16)8-4-5-10(17-2)9(13)7-8/h3-5,7,11,14H,1,6H2,2H3,(H,15,16). The van der Waals surface area contributed by atoms with E-state index in [1.54, 1.807) is 0 Å². The third kappa shape index (κ3) is 3.29. The van der Waals surface area contributed by atoms with Gasteiger partial charge in [0.1, 0.15) is 6.04 Å². The van der Waals surface area contributed by atoms with Crippen molar-refractivity contribution in [2.75, 3.05) is 13.7 Å². The van der Waals surface area contributed by atoms with Crippen LogP contribution >= 0.6 is 0 Å². The zero-order chi connectivity index (χ0) is 12.8. The van der Waals surface area contributed by atoms with Crippen molar-refractivity contribution in [2.45, 2.75) is 6.04 Å². The zero-order valence-electron chi connectivity index (χ0n) is 9.44. The molecule has 0 heterocycles. The van der Waals surface area contributed by atoms with Gasteiger partial charge in [0, 0.05) is 6.54 Å². The largest absolute Gasteiger partial charge is 0.494 e. The lowest BCUT2D eigenvalue weighted by atomic mass is 10.1. The number of ether oxygens (including phenoxy) is 1. The van der Waals surface area contributed by atoms with Crippen LogP contribution < -0.4 is 10.1 Å². The Morgan fingerprint density at radius 2 is 2.41 bits per heavy atom. The van der Waals surface area contributed by atoms with Crippen LogP contribution in [0.15, 0.2) is 30.9 Å². The lowest BCUT2D eigenvalue weighted by Crippen LogP contribution is -2.28. The van der Waals surface area contributed by atoms with E-state index >= 15 is 0 Å². The predicted molar refractivity (Wildman–Crippen MR) is 61.5 cm³/mol. The Hall–Kier alpha value is -1.88. The summed E-state index contributed by atoms with van der Waals surface area (Å²) in [6.45, 7) is 3.81. The number of hydrogen-bond donors (Lipinski definition) is 2. The van der Waals surface area contributed by atoms with E-state index in [-0.39, 0.29) is 5.75 Å². The molecule has 92 valence electrons. The molecular weight excluding hydrogens is 225 g/mol. The fraction of sp³-hybridized carbons (Fsp3) is 0.250. The first-order valence-corrected chi connectivity index (χ1v) is 5.00. The molecule has 0 aliphatic carbocycles. The number of methoxy groups -OCH3 is 1. The van der Waals surface area contributed by atoms with Crippen molar-refractivity contribution < 1.29 is 19.0 Å². The maximum absolute atomic E-state index is 13.4. The van der Waals surface area contributed by atoms with Crippen molar-refractivity contribution in [3.05, 3.63) is 42.2 Å². The first kappa shape index (κ1) is 13.2. The zero-order valence-corrected chi connectivity index (χ0v) is 9.44. The molecule has 0 spiro atoms. The van der Waals surface area contributed by atoms with Crippen molar-refractivity contribution >= 4 is 5.97 Å².